The van der Waals surface area contributed by atoms with E-state index in [1.165, 1.54) is 0 Å². The van der Waals surface area contributed by atoms with E-state index < -0.39 is 55.3 Å². The fourth-order valence-electron chi connectivity index (χ4n) is 4.91. The lowest BCUT2D eigenvalue weighted by Crippen LogP contribution is -2.59. The zero-order chi connectivity index (χ0) is 36.2. The summed E-state index contributed by atoms with van der Waals surface area (Å²) in [5, 5.41) is 11.5. The van der Waals surface area contributed by atoms with Gasteiger partial charge in [0, 0.05) is 12.3 Å². The topological polar surface area (TPSA) is 82.0 Å². The number of rotatable bonds is 9. The molecule has 1 saturated heterocycles. The van der Waals surface area contributed by atoms with Gasteiger partial charge in [0.1, 0.15) is 23.6 Å². The van der Waals surface area contributed by atoms with Crippen LogP contribution in [-0.2, 0) is 18.0 Å². The van der Waals surface area contributed by atoms with Crippen molar-refractivity contribution in [3.8, 4) is 5.75 Å². The maximum Gasteiger partial charge on any atom is 0.230 e. The van der Waals surface area contributed by atoms with E-state index in [-0.39, 0.29) is 15.1 Å². The molecule has 2 aliphatic heterocycles. The summed E-state index contributed by atoms with van der Waals surface area (Å²) in [4.78, 5) is 6.32. The van der Waals surface area contributed by atoms with Crippen molar-refractivity contribution < 1.29 is 27.9 Å². The van der Waals surface area contributed by atoms with Crippen LogP contribution in [0.3, 0.4) is 0 Å². The highest BCUT2D eigenvalue weighted by Crippen LogP contribution is 2.48. The van der Waals surface area contributed by atoms with Gasteiger partial charge in [-0.1, -0.05) is 80.5 Å². The fourth-order valence-corrected chi connectivity index (χ4v) is 8.63. The van der Waals surface area contributed by atoms with Gasteiger partial charge in [0.25, 0.3) is 0 Å². The largest absolute Gasteiger partial charge is 0.439 e. The van der Waals surface area contributed by atoms with E-state index in [1.54, 1.807) is 11.0 Å². The maximum absolute atomic E-state index is 11.6. The van der Waals surface area contributed by atoms with Crippen LogP contribution >= 0.6 is 0 Å². The lowest BCUT2D eigenvalue weighted by atomic mass is 9.98. The Kier molecular flexibility index (Phi) is 11.5. The molecule has 268 valence electrons. The zero-order valence-corrected chi connectivity index (χ0v) is 35.8. The summed E-state index contributed by atoms with van der Waals surface area (Å²) in [7, 11) is -6.83. The summed E-state index contributed by atoms with van der Waals surface area (Å²) < 4.78 is 34.8. The third-order valence-electron chi connectivity index (χ3n) is 11.4. The number of hydrogen-bond acceptors (Lipinski definition) is 8. The maximum atomic E-state index is 11.6. The average Bonchev–Trinajstić information content (AvgIpc) is 3.14. The molecule has 47 heavy (non-hydrogen) atoms. The van der Waals surface area contributed by atoms with Gasteiger partial charge in [-0.3, -0.25) is 0 Å². The third kappa shape index (κ3) is 8.71. The first kappa shape index (κ1) is 40.1. The molecule has 0 amide bonds. The molecular weight excluding hydrogens is 641 g/mol. The normalized spacial score (nSPS) is 26.5. The molecule has 5 atom stereocenters. The minimum absolute atomic E-state index is 0.0283. The molecule has 0 bridgehead atoms. The van der Waals surface area contributed by atoms with Gasteiger partial charge in [0.05, 0.1) is 6.61 Å². The summed E-state index contributed by atoms with van der Waals surface area (Å²) in [6.45, 7) is 40.3. The second kappa shape index (κ2) is 13.4. The Morgan fingerprint density at radius 2 is 1.32 bits per heavy atom. The van der Waals surface area contributed by atoms with Crippen LogP contribution in [0.4, 0.5) is 0 Å². The number of aliphatic hydroxyl groups excluding tert-OH is 1. The molecule has 3 rings (SSSR count). The second-order valence-corrected chi connectivity index (χ2v) is 32.7. The molecule has 1 N–H and O–H groups in total. The van der Waals surface area contributed by atoms with E-state index in [0.29, 0.717) is 12.5 Å². The van der Waals surface area contributed by atoms with Crippen LogP contribution in [0.5, 0.6) is 5.75 Å². The zero-order valence-electron chi connectivity index (χ0n) is 32.8. The van der Waals surface area contributed by atoms with Gasteiger partial charge in [0.15, 0.2) is 31.2 Å². The third-order valence-corrected chi connectivity index (χ3v) is 24.8. The number of hydrogen-bond donors (Lipinski definition) is 1. The number of para-hydroxylation sites is 1. The first-order chi connectivity index (χ1) is 21.0. The van der Waals surface area contributed by atoms with E-state index in [0.717, 1.165) is 16.9 Å². The minimum Gasteiger partial charge on any atom is -0.439 e. The van der Waals surface area contributed by atoms with Crippen molar-refractivity contribution in [2.24, 2.45) is 4.99 Å². The van der Waals surface area contributed by atoms with Gasteiger partial charge >= 0.3 is 0 Å². The number of aryl methyl sites for hydroxylation is 2. The number of aliphatic imine (C=N–C) groups is 1. The van der Waals surface area contributed by atoms with Crippen molar-refractivity contribution in [3.63, 3.8) is 0 Å². The Labute approximate surface area is 289 Å². The fraction of sp³-hybridized carbons (Fsp3) is 0.750. The summed E-state index contributed by atoms with van der Waals surface area (Å²) >= 11 is 0. The molecule has 2 aliphatic rings. The van der Waals surface area contributed by atoms with Crippen molar-refractivity contribution in [2.45, 2.75) is 168 Å². The monoisotopic (exact) mass is 706 g/mol. The molecule has 1 aromatic rings. The van der Waals surface area contributed by atoms with E-state index in [4.69, 9.17) is 22.8 Å². The van der Waals surface area contributed by atoms with Crippen molar-refractivity contribution >= 4 is 30.8 Å². The van der Waals surface area contributed by atoms with Gasteiger partial charge in [-0.25, -0.2) is 0 Å². The molecule has 0 spiro atoms. The molecule has 1 aromatic carbocycles. The van der Waals surface area contributed by atoms with Crippen LogP contribution < -0.4 is 4.74 Å². The quantitative estimate of drug-likeness (QED) is 0.257. The Morgan fingerprint density at radius 3 is 1.79 bits per heavy atom. The van der Waals surface area contributed by atoms with Crippen molar-refractivity contribution in [1.82, 2.24) is 4.90 Å². The molecular formula is C36H66N2O6Si3. The molecule has 8 nitrogen and oxygen atoms in total. The summed E-state index contributed by atoms with van der Waals surface area (Å²) in [6.07, 6.45) is 0.738. The molecule has 2 heterocycles. The number of nitrogens with zero attached hydrogens (tertiary/aromatic N) is 2. The van der Waals surface area contributed by atoms with Crippen LogP contribution in [0.25, 0.3) is 0 Å². The van der Waals surface area contributed by atoms with Crippen LogP contribution in [0.2, 0.25) is 54.4 Å². The highest BCUT2D eigenvalue weighted by Gasteiger charge is 2.61. The van der Waals surface area contributed by atoms with E-state index in [9.17, 15) is 5.11 Å². The first-order valence-electron chi connectivity index (χ1n) is 17.2. The van der Waals surface area contributed by atoms with Crippen LogP contribution in [0.15, 0.2) is 35.5 Å². The summed E-state index contributed by atoms with van der Waals surface area (Å²) in [6, 6.07) is 6.01. The molecule has 1 fully saturated rings. The van der Waals surface area contributed by atoms with E-state index in [2.05, 4.69) is 114 Å². The lowest BCUT2D eigenvalue weighted by molar-refractivity contribution is -0.157. The molecule has 3 unspecified atom stereocenters. The van der Waals surface area contributed by atoms with Gasteiger partial charge in [0.2, 0.25) is 12.2 Å². The Hall–Kier alpha value is -1.32. The first-order valence-corrected chi connectivity index (χ1v) is 25.9. The standard InChI is InChI=1S/C36H66N2O6Si3/c1-25-20-19-21-26(2)28(25)41-27-22-23-38(32(39)37-27)31-29(43-46(15,16)34(6,7)8)30(44-47(17,18)35(9,10)11)36(12,42-31)24-40-45(13,14)33(3,4)5/h19-23,29-32,39H,24H2,1-18H3/t29?,30?,31-,32?,36-/m1/s1. The van der Waals surface area contributed by atoms with Crippen LogP contribution in [-0.4, -0.2) is 77.9 Å². The van der Waals surface area contributed by atoms with Crippen molar-refractivity contribution in [3.05, 3.63) is 41.6 Å². The molecule has 11 heteroatoms. The van der Waals surface area contributed by atoms with Gasteiger partial charge in [-0.2, -0.15) is 4.99 Å². The smallest absolute Gasteiger partial charge is 0.230 e. The Balaban J connectivity index is 2.10. The van der Waals surface area contributed by atoms with Gasteiger partial charge in [-0.05, 0) is 86.3 Å². The predicted molar refractivity (Wildman–Crippen MR) is 202 cm³/mol. The van der Waals surface area contributed by atoms with Gasteiger partial charge in [-0.15, -0.1) is 0 Å². The Bertz CT molecular complexity index is 1300. The average molecular weight is 707 g/mol. The van der Waals surface area contributed by atoms with Crippen LogP contribution in [0.1, 0.15) is 80.4 Å². The number of aliphatic hydroxyl groups is 1. The molecule has 0 aromatic heterocycles. The second-order valence-electron chi connectivity index (χ2n) is 18.4. The highest BCUT2D eigenvalue weighted by atomic mass is 28.4. The van der Waals surface area contributed by atoms with E-state index in [1.807, 2.05) is 38.2 Å². The SMILES string of the molecule is Cc1cccc(C)c1OC1=NC(O)N([C@@H]2O[C@](C)(CO[Si](C)(C)C(C)(C)C)C(O[Si](C)(C)C(C)(C)C)C2O[Si](C)(C)C(C)(C)C)C=C1. The molecule has 0 radical (unpaired) electrons. The van der Waals surface area contributed by atoms with Crippen LogP contribution in [0, 0.1) is 13.8 Å². The lowest BCUT2D eigenvalue weighted by Gasteiger charge is -2.46. The van der Waals surface area contributed by atoms with E-state index >= 15 is 0 Å². The highest BCUT2D eigenvalue weighted by molar-refractivity contribution is 6.75. The van der Waals surface area contributed by atoms with Gasteiger partial charge < -0.3 is 32.8 Å². The summed E-state index contributed by atoms with van der Waals surface area (Å²) in [5.41, 5.74) is 1.15. The van der Waals surface area contributed by atoms with Crippen molar-refractivity contribution in [2.75, 3.05) is 6.61 Å². The predicted octanol–water partition coefficient (Wildman–Crippen LogP) is 9.10. The van der Waals surface area contributed by atoms with Crippen molar-refractivity contribution in [1.29, 1.82) is 0 Å². The summed E-state index contributed by atoms with van der Waals surface area (Å²) in [5.74, 6) is 1.08. The Morgan fingerprint density at radius 1 is 0.830 bits per heavy atom. The molecule has 0 aliphatic carbocycles. The number of benzene rings is 1. The molecule has 0 saturated carbocycles. The number of ether oxygens (including phenoxy) is 2. The minimum atomic E-state index is -2.36.